The van der Waals surface area contributed by atoms with Crippen molar-refractivity contribution >= 4 is 34.7 Å². The molecular formula is C8H5Cl2NO3. The van der Waals surface area contributed by atoms with Crippen molar-refractivity contribution in [3.05, 3.63) is 37.9 Å². The molecule has 0 unspecified atom stereocenters. The maximum absolute atomic E-state index is 11.1. The van der Waals surface area contributed by atoms with E-state index >= 15 is 0 Å². The van der Waals surface area contributed by atoms with E-state index in [-0.39, 0.29) is 15.6 Å². The van der Waals surface area contributed by atoms with Crippen molar-refractivity contribution in [3.8, 4) is 0 Å². The van der Waals surface area contributed by atoms with Crippen molar-refractivity contribution in [3.63, 3.8) is 0 Å². The quantitative estimate of drug-likeness (QED) is 0.448. The molecule has 0 heterocycles. The smallest absolute Gasteiger partial charge is 0.294 e. The van der Waals surface area contributed by atoms with E-state index in [1.165, 1.54) is 19.1 Å². The van der Waals surface area contributed by atoms with E-state index in [1.807, 2.05) is 0 Å². The fourth-order valence-corrected chi connectivity index (χ4v) is 1.57. The van der Waals surface area contributed by atoms with Gasteiger partial charge in [0.15, 0.2) is 5.78 Å². The van der Waals surface area contributed by atoms with Crippen LogP contribution in [0.15, 0.2) is 12.1 Å². The Balaban J connectivity index is 3.58. The van der Waals surface area contributed by atoms with Crippen LogP contribution in [0.4, 0.5) is 5.69 Å². The highest BCUT2D eigenvalue weighted by molar-refractivity contribution is 6.37. The van der Waals surface area contributed by atoms with E-state index in [9.17, 15) is 14.9 Å². The Hall–Kier alpha value is -1.13. The van der Waals surface area contributed by atoms with E-state index in [0.29, 0.717) is 0 Å². The average molecular weight is 234 g/mol. The predicted octanol–water partition coefficient (Wildman–Crippen LogP) is 3.10. The summed E-state index contributed by atoms with van der Waals surface area (Å²) in [6.45, 7) is 1.20. The first-order valence-corrected chi connectivity index (χ1v) is 4.34. The molecule has 0 radical (unpaired) electrons. The van der Waals surface area contributed by atoms with Crippen molar-refractivity contribution < 1.29 is 9.72 Å². The lowest BCUT2D eigenvalue weighted by atomic mass is 10.1. The normalized spacial score (nSPS) is 9.93. The Bertz CT molecular complexity index is 378. The lowest BCUT2D eigenvalue weighted by Gasteiger charge is -2.02. The number of hydrogen-bond donors (Lipinski definition) is 0. The van der Waals surface area contributed by atoms with Gasteiger partial charge in [0.1, 0.15) is 10.6 Å². The molecule has 6 heteroatoms. The topological polar surface area (TPSA) is 60.2 Å². The van der Waals surface area contributed by atoms with Gasteiger partial charge in [-0.15, -0.1) is 0 Å². The Kier molecular flexibility index (Phi) is 3.08. The van der Waals surface area contributed by atoms with Gasteiger partial charge in [0.05, 0.1) is 9.95 Å². The fraction of sp³-hybridized carbons (Fsp3) is 0.125. The third-order valence-corrected chi connectivity index (χ3v) is 2.23. The fourth-order valence-electron chi connectivity index (χ4n) is 1.05. The summed E-state index contributed by atoms with van der Waals surface area (Å²) in [5, 5.41) is 10.6. The number of benzene rings is 1. The van der Waals surface area contributed by atoms with Gasteiger partial charge in [0.2, 0.25) is 0 Å². The third-order valence-electron chi connectivity index (χ3n) is 1.61. The van der Waals surface area contributed by atoms with Gasteiger partial charge < -0.3 is 0 Å². The number of nitro groups is 1. The number of ketones is 1. The number of halogens is 2. The molecule has 4 nitrogen and oxygen atoms in total. The number of carbonyl (C=O) groups excluding carboxylic acids is 1. The summed E-state index contributed by atoms with van der Waals surface area (Å²) in [6, 6.07) is 2.64. The van der Waals surface area contributed by atoms with Crippen molar-refractivity contribution in [2.75, 3.05) is 0 Å². The van der Waals surface area contributed by atoms with Crippen LogP contribution < -0.4 is 0 Å². The first kappa shape index (κ1) is 10.9. The summed E-state index contributed by atoms with van der Waals surface area (Å²) in [4.78, 5) is 21.0. The van der Waals surface area contributed by atoms with Gasteiger partial charge in [-0.3, -0.25) is 14.9 Å². The Morgan fingerprint density at radius 2 is 1.86 bits per heavy atom. The van der Waals surface area contributed by atoms with Crippen molar-refractivity contribution in [1.29, 1.82) is 0 Å². The van der Waals surface area contributed by atoms with Gasteiger partial charge in [0, 0.05) is 0 Å². The lowest BCUT2D eigenvalue weighted by molar-refractivity contribution is -0.384. The van der Waals surface area contributed by atoms with Crippen LogP contribution >= 0.6 is 23.2 Å². The Labute approximate surface area is 89.6 Å². The molecule has 74 valence electrons. The summed E-state index contributed by atoms with van der Waals surface area (Å²) < 4.78 is 0. The standard InChI is InChI=1S/C8H5Cl2NO3/c1-4(12)7-5(9)2-3-6(10)8(7)11(13)14/h2-3H,1H3. The van der Waals surface area contributed by atoms with Gasteiger partial charge in [-0.2, -0.15) is 0 Å². The molecule has 0 fully saturated rings. The van der Waals surface area contributed by atoms with Crippen molar-refractivity contribution in [2.45, 2.75) is 6.92 Å². The second kappa shape index (κ2) is 3.94. The zero-order valence-electron chi connectivity index (χ0n) is 7.08. The number of carbonyl (C=O) groups is 1. The van der Waals surface area contributed by atoms with Crippen molar-refractivity contribution in [1.82, 2.24) is 0 Å². The van der Waals surface area contributed by atoms with Crippen LogP contribution in [0, 0.1) is 10.1 Å². The molecule has 0 aliphatic carbocycles. The molecule has 0 aliphatic heterocycles. The largest absolute Gasteiger partial charge is 0.300 e. The molecule has 1 aromatic rings. The number of nitrogens with zero attached hydrogens (tertiary/aromatic N) is 1. The van der Waals surface area contributed by atoms with Gasteiger partial charge in [0.25, 0.3) is 5.69 Å². The molecule has 1 rings (SSSR count). The number of nitro benzene ring substituents is 1. The van der Waals surface area contributed by atoms with Crippen LogP contribution in [0.25, 0.3) is 0 Å². The van der Waals surface area contributed by atoms with E-state index in [0.717, 1.165) is 0 Å². The average Bonchev–Trinajstić information content (AvgIpc) is 2.07. The SMILES string of the molecule is CC(=O)c1c(Cl)ccc(Cl)c1[N+](=O)[O-]. The zero-order chi connectivity index (χ0) is 10.9. The van der Waals surface area contributed by atoms with E-state index in [4.69, 9.17) is 23.2 Å². The molecule has 0 atom stereocenters. The molecule has 0 aromatic heterocycles. The molecule has 0 spiro atoms. The number of hydrogen-bond acceptors (Lipinski definition) is 3. The summed E-state index contributed by atoms with van der Waals surface area (Å²) in [6.07, 6.45) is 0. The molecule has 0 saturated carbocycles. The number of rotatable bonds is 2. The molecule has 0 saturated heterocycles. The van der Waals surface area contributed by atoms with Crippen LogP contribution in [0.1, 0.15) is 17.3 Å². The highest BCUT2D eigenvalue weighted by atomic mass is 35.5. The van der Waals surface area contributed by atoms with E-state index in [2.05, 4.69) is 0 Å². The summed E-state index contributed by atoms with van der Waals surface area (Å²) in [7, 11) is 0. The molecule has 14 heavy (non-hydrogen) atoms. The third kappa shape index (κ3) is 1.86. The van der Waals surface area contributed by atoms with E-state index in [1.54, 1.807) is 0 Å². The Morgan fingerprint density at radius 3 is 2.21 bits per heavy atom. The van der Waals surface area contributed by atoms with Crippen LogP contribution in [0.3, 0.4) is 0 Å². The van der Waals surface area contributed by atoms with Gasteiger partial charge >= 0.3 is 0 Å². The maximum atomic E-state index is 11.1. The van der Waals surface area contributed by atoms with Crippen LogP contribution in [0.2, 0.25) is 10.0 Å². The second-order valence-corrected chi connectivity index (χ2v) is 3.38. The number of Topliss-reactive ketones (excluding diaryl/α,β-unsaturated/α-hetero) is 1. The van der Waals surface area contributed by atoms with Gasteiger partial charge in [-0.25, -0.2) is 0 Å². The summed E-state index contributed by atoms with van der Waals surface area (Å²) in [5.74, 6) is -0.482. The monoisotopic (exact) mass is 233 g/mol. The summed E-state index contributed by atoms with van der Waals surface area (Å²) in [5.41, 5.74) is -0.587. The first-order chi connectivity index (χ1) is 6.45. The lowest BCUT2D eigenvalue weighted by Crippen LogP contribution is -2.01. The molecule has 0 N–H and O–H groups in total. The molecule has 0 bridgehead atoms. The maximum Gasteiger partial charge on any atom is 0.300 e. The second-order valence-electron chi connectivity index (χ2n) is 2.57. The minimum atomic E-state index is -0.717. The summed E-state index contributed by atoms with van der Waals surface area (Å²) >= 11 is 11.2. The molecule has 0 amide bonds. The van der Waals surface area contributed by atoms with Crippen LogP contribution in [0.5, 0.6) is 0 Å². The van der Waals surface area contributed by atoms with Crippen molar-refractivity contribution in [2.24, 2.45) is 0 Å². The van der Waals surface area contributed by atoms with Crippen LogP contribution in [-0.4, -0.2) is 10.7 Å². The van der Waals surface area contributed by atoms with E-state index < -0.39 is 16.4 Å². The predicted molar refractivity (Wildman–Crippen MR) is 53.1 cm³/mol. The highest BCUT2D eigenvalue weighted by Crippen LogP contribution is 2.33. The Morgan fingerprint density at radius 1 is 1.36 bits per heavy atom. The zero-order valence-corrected chi connectivity index (χ0v) is 8.59. The minimum Gasteiger partial charge on any atom is -0.294 e. The van der Waals surface area contributed by atoms with Crippen LogP contribution in [-0.2, 0) is 0 Å². The minimum absolute atomic E-state index is 0.0357. The van der Waals surface area contributed by atoms with Gasteiger partial charge in [-0.1, -0.05) is 23.2 Å². The highest BCUT2D eigenvalue weighted by Gasteiger charge is 2.24. The van der Waals surface area contributed by atoms with Gasteiger partial charge in [-0.05, 0) is 19.1 Å². The molecule has 0 aliphatic rings. The first-order valence-electron chi connectivity index (χ1n) is 3.58. The molecule has 1 aromatic carbocycles. The molecular weight excluding hydrogens is 229 g/mol.